The van der Waals surface area contributed by atoms with Crippen LogP contribution in [0.4, 0.5) is 0 Å². The van der Waals surface area contributed by atoms with Crippen LogP contribution >= 0.6 is 11.6 Å². The van der Waals surface area contributed by atoms with Crippen LogP contribution < -0.4 is 5.32 Å². The van der Waals surface area contributed by atoms with Crippen molar-refractivity contribution < 1.29 is 19.8 Å². The molecule has 2 atom stereocenters. The molecule has 0 saturated heterocycles. The first-order chi connectivity index (χ1) is 14.8. The summed E-state index contributed by atoms with van der Waals surface area (Å²) in [5.41, 5.74) is 1.57. The van der Waals surface area contributed by atoms with Crippen molar-refractivity contribution in [2.24, 2.45) is 5.41 Å². The standard InChI is InChI=1S/C22H23ClN4O4/c1-22(13-28,21(30)31)11-18(25-20(29)19-12-24-27-26-19)9-14-5-7-15(8-6-14)16-3-2-4-17(23)10-16/h2-8,10,12,18,28H,9,11,13H2,1H3,(H,25,29)(H,30,31)(H,24,26,27)/t18-,22+/m1/s1. The fraction of sp³-hybridized carbons (Fsp3) is 0.273. The Morgan fingerprint density at radius 3 is 2.52 bits per heavy atom. The third-order valence-electron chi connectivity index (χ3n) is 5.14. The number of aliphatic hydroxyl groups is 1. The van der Waals surface area contributed by atoms with E-state index >= 15 is 0 Å². The number of carbonyl (C=O) groups excluding carboxylic acids is 1. The van der Waals surface area contributed by atoms with Gasteiger partial charge in [-0.15, -0.1) is 5.10 Å². The quantitative estimate of drug-likeness (QED) is 0.403. The Morgan fingerprint density at radius 1 is 1.19 bits per heavy atom. The van der Waals surface area contributed by atoms with Gasteiger partial charge in [0, 0.05) is 11.1 Å². The third-order valence-corrected chi connectivity index (χ3v) is 5.38. The van der Waals surface area contributed by atoms with E-state index in [9.17, 15) is 19.8 Å². The Hall–Kier alpha value is -3.23. The molecule has 0 saturated carbocycles. The van der Waals surface area contributed by atoms with E-state index in [-0.39, 0.29) is 12.1 Å². The normalized spacial score (nSPS) is 13.9. The van der Waals surface area contributed by atoms with Gasteiger partial charge in [-0.05, 0) is 48.6 Å². The molecule has 3 rings (SSSR count). The lowest BCUT2D eigenvalue weighted by Crippen LogP contribution is -2.44. The van der Waals surface area contributed by atoms with Crippen molar-refractivity contribution in [3.05, 3.63) is 71.0 Å². The van der Waals surface area contributed by atoms with Crippen LogP contribution in [0.1, 0.15) is 29.4 Å². The Kier molecular flexibility index (Phi) is 7.04. The van der Waals surface area contributed by atoms with Crippen molar-refractivity contribution in [1.82, 2.24) is 20.7 Å². The van der Waals surface area contributed by atoms with Crippen LogP contribution in [0.2, 0.25) is 5.02 Å². The topological polar surface area (TPSA) is 128 Å². The zero-order valence-electron chi connectivity index (χ0n) is 16.9. The SMILES string of the molecule is C[C@@](CO)(C[C@@H](Cc1ccc(-c2cccc(Cl)c2)cc1)NC(=O)c1c[nH]nn1)C(=O)O. The Balaban J connectivity index is 1.80. The lowest BCUT2D eigenvalue weighted by Gasteiger charge is -2.28. The molecule has 9 heteroatoms. The van der Waals surface area contributed by atoms with E-state index in [0.29, 0.717) is 11.4 Å². The van der Waals surface area contributed by atoms with Crippen molar-refractivity contribution >= 4 is 23.5 Å². The third kappa shape index (κ3) is 5.68. The Bertz CT molecular complexity index is 1040. The van der Waals surface area contributed by atoms with Crippen molar-refractivity contribution in [3.63, 3.8) is 0 Å². The number of hydrogen-bond acceptors (Lipinski definition) is 5. The highest BCUT2D eigenvalue weighted by Gasteiger charge is 2.36. The number of amides is 1. The van der Waals surface area contributed by atoms with E-state index < -0.39 is 29.9 Å². The number of carboxylic acids is 1. The molecular weight excluding hydrogens is 420 g/mol. The first-order valence-corrected chi connectivity index (χ1v) is 10.0. The summed E-state index contributed by atoms with van der Waals surface area (Å²) in [5, 5.41) is 32.3. The molecule has 0 aliphatic rings. The minimum atomic E-state index is -1.40. The van der Waals surface area contributed by atoms with Gasteiger partial charge < -0.3 is 15.5 Å². The summed E-state index contributed by atoms with van der Waals surface area (Å²) < 4.78 is 0. The van der Waals surface area contributed by atoms with E-state index in [0.717, 1.165) is 16.7 Å². The summed E-state index contributed by atoms with van der Waals surface area (Å²) in [6.07, 6.45) is 1.77. The summed E-state index contributed by atoms with van der Waals surface area (Å²) in [7, 11) is 0. The molecule has 2 aromatic carbocycles. The molecule has 0 spiro atoms. The largest absolute Gasteiger partial charge is 0.481 e. The second-order valence-electron chi connectivity index (χ2n) is 7.67. The number of aromatic amines is 1. The number of H-pyrrole nitrogens is 1. The highest BCUT2D eigenvalue weighted by atomic mass is 35.5. The molecular formula is C22H23ClN4O4. The molecule has 8 nitrogen and oxygen atoms in total. The van der Waals surface area contributed by atoms with Crippen LogP contribution in [0.25, 0.3) is 11.1 Å². The van der Waals surface area contributed by atoms with Crippen LogP contribution in [-0.2, 0) is 11.2 Å². The molecule has 0 fully saturated rings. The number of nitrogens with one attached hydrogen (secondary N) is 2. The van der Waals surface area contributed by atoms with E-state index in [1.165, 1.54) is 13.1 Å². The van der Waals surface area contributed by atoms with Gasteiger partial charge in [0.1, 0.15) is 0 Å². The number of carboxylic acid groups (broad SMARTS) is 1. The molecule has 1 aromatic heterocycles. The molecule has 1 amide bonds. The van der Waals surface area contributed by atoms with Gasteiger partial charge in [0.05, 0.1) is 18.2 Å². The van der Waals surface area contributed by atoms with Crippen molar-refractivity contribution in [3.8, 4) is 11.1 Å². The van der Waals surface area contributed by atoms with Crippen LogP contribution in [0.15, 0.2) is 54.7 Å². The Labute approximate surface area is 184 Å². The van der Waals surface area contributed by atoms with Crippen LogP contribution in [0, 0.1) is 5.41 Å². The second kappa shape index (κ2) is 9.72. The summed E-state index contributed by atoms with van der Waals surface area (Å²) in [4.78, 5) is 24.1. The van der Waals surface area contributed by atoms with Gasteiger partial charge in [-0.3, -0.25) is 14.7 Å². The molecule has 1 heterocycles. The average molecular weight is 443 g/mol. The molecule has 0 aliphatic heterocycles. The van der Waals surface area contributed by atoms with Gasteiger partial charge in [-0.1, -0.05) is 53.2 Å². The predicted octanol–water partition coefficient (Wildman–Crippen LogP) is 2.94. The van der Waals surface area contributed by atoms with Gasteiger partial charge in [0.15, 0.2) is 5.69 Å². The number of benzene rings is 2. The van der Waals surface area contributed by atoms with E-state index in [1.54, 1.807) is 0 Å². The average Bonchev–Trinajstić information content (AvgIpc) is 3.29. The zero-order chi connectivity index (χ0) is 22.4. The first-order valence-electron chi connectivity index (χ1n) is 9.67. The number of halogens is 1. The van der Waals surface area contributed by atoms with E-state index in [1.807, 2.05) is 48.5 Å². The number of rotatable bonds is 9. The fourth-order valence-electron chi connectivity index (χ4n) is 3.30. The van der Waals surface area contributed by atoms with Gasteiger partial charge in [0.25, 0.3) is 5.91 Å². The molecule has 0 aliphatic carbocycles. The molecule has 0 bridgehead atoms. The number of aromatic nitrogens is 3. The molecule has 0 unspecified atom stereocenters. The van der Waals surface area contributed by atoms with Gasteiger partial charge in [0.2, 0.25) is 0 Å². The maximum Gasteiger partial charge on any atom is 0.311 e. The lowest BCUT2D eigenvalue weighted by atomic mass is 9.82. The minimum Gasteiger partial charge on any atom is -0.481 e. The van der Waals surface area contributed by atoms with Gasteiger partial charge in [-0.25, -0.2) is 0 Å². The molecule has 0 radical (unpaired) electrons. The number of carbonyl (C=O) groups is 2. The maximum absolute atomic E-state index is 12.5. The van der Waals surface area contributed by atoms with Crippen LogP contribution in [0.5, 0.6) is 0 Å². The van der Waals surface area contributed by atoms with Crippen LogP contribution in [0.3, 0.4) is 0 Å². The second-order valence-corrected chi connectivity index (χ2v) is 8.10. The van der Waals surface area contributed by atoms with Crippen LogP contribution in [-0.4, -0.2) is 50.1 Å². The molecule has 4 N–H and O–H groups in total. The summed E-state index contributed by atoms with van der Waals surface area (Å²) >= 11 is 6.07. The van der Waals surface area contributed by atoms with Crippen molar-refractivity contribution in [2.75, 3.05) is 6.61 Å². The monoisotopic (exact) mass is 442 g/mol. The van der Waals surface area contributed by atoms with Crippen molar-refractivity contribution in [2.45, 2.75) is 25.8 Å². The summed E-state index contributed by atoms with van der Waals surface area (Å²) in [5.74, 6) is -1.60. The number of hydrogen-bond donors (Lipinski definition) is 4. The summed E-state index contributed by atoms with van der Waals surface area (Å²) in [6, 6.07) is 14.7. The molecule has 162 valence electrons. The predicted molar refractivity (Wildman–Crippen MR) is 116 cm³/mol. The first kappa shape index (κ1) is 22.5. The smallest absolute Gasteiger partial charge is 0.311 e. The number of aliphatic hydroxyl groups excluding tert-OH is 1. The highest BCUT2D eigenvalue weighted by Crippen LogP contribution is 2.26. The zero-order valence-corrected chi connectivity index (χ0v) is 17.6. The van der Waals surface area contributed by atoms with Gasteiger partial charge in [-0.2, -0.15) is 0 Å². The molecule has 31 heavy (non-hydrogen) atoms. The maximum atomic E-state index is 12.5. The van der Waals surface area contributed by atoms with E-state index in [2.05, 4.69) is 20.7 Å². The minimum absolute atomic E-state index is 0.0401. The molecule has 3 aromatic rings. The highest BCUT2D eigenvalue weighted by molar-refractivity contribution is 6.30. The lowest BCUT2D eigenvalue weighted by molar-refractivity contribution is -0.151. The summed E-state index contributed by atoms with van der Waals surface area (Å²) in [6.45, 7) is 0.902. The van der Waals surface area contributed by atoms with Gasteiger partial charge >= 0.3 is 5.97 Å². The number of nitrogens with zero attached hydrogens (tertiary/aromatic N) is 2. The Morgan fingerprint density at radius 2 is 1.94 bits per heavy atom. The number of aliphatic carboxylic acids is 1. The van der Waals surface area contributed by atoms with Crippen molar-refractivity contribution in [1.29, 1.82) is 0 Å². The van der Waals surface area contributed by atoms with E-state index in [4.69, 9.17) is 11.6 Å². The fourth-order valence-corrected chi connectivity index (χ4v) is 3.49.